The number of imidazole rings is 1. The Bertz CT molecular complexity index is 5280. The highest BCUT2D eigenvalue weighted by molar-refractivity contribution is 7.92. The lowest BCUT2D eigenvalue weighted by atomic mass is 10.0. The zero-order valence-corrected chi connectivity index (χ0v) is 49.0. The normalized spacial score (nSPS) is 12.0. The molecule has 0 aliphatic heterocycles. The van der Waals surface area contributed by atoms with Gasteiger partial charge in [-0.1, -0.05) is 24.3 Å². The average molecular weight is 1220 g/mol. The summed E-state index contributed by atoms with van der Waals surface area (Å²) in [6.45, 7) is 0. The zero-order valence-electron chi connectivity index (χ0n) is 47.4. The van der Waals surface area contributed by atoms with Gasteiger partial charge in [-0.2, -0.15) is 4.40 Å². The minimum atomic E-state index is -3.74. The largest absolute Gasteiger partial charge is 0.455 e. The third kappa shape index (κ3) is 9.50. The Morgan fingerprint density at radius 2 is 1.15 bits per heavy atom. The van der Waals surface area contributed by atoms with E-state index in [1.54, 1.807) is 71.3 Å². The topological polar surface area (TPSA) is 209 Å². The molecule has 17 nitrogen and oxygen atoms in total. The predicted octanol–water partition coefficient (Wildman–Crippen LogP) is 12.3. The van der Waals surface area contributed by atoms with Gasteiger partial charge in [-0.05, 0) is 120 Å². The van der Waals surface area contributed by atoms with Crippen molar-refractivity contribution in [3.05, 3.63) is 198 Å². The van der Waals surface area contributed by atoms with E-state index in [4.69, 9.17) is 13.8 Å². The Kier molecular flexibility index (Phi) is 13.5. The highest BCUT2D eigenvalue weighted by atomic mass is 32.2. The van der Waals surface area contributed by atoms with E-state index in [2.05, 4.69) is 20.6 Å². The van der Waals surface area contributed by atoms with Crippen LogP contribution >= 0.6 is 0 Å². The number of carbonyl (C=O) groups is 2. The number of halogens is 4. The number of pyridine rings is 4. The average Bonchev–Trinajstić information content (AvgIpc) is 2.07. The number of nitrogens with zero attached hydrogens (tertiary/aromatic N) is 6. The minimum Gasteiger partial charge on any atom is -0.455 e. The molecule has 0 fully saturated rings. The molecule has 0 saturated heterocycles. The number of anilines is 2. The number of furan rings is 2. The van der Waals surface area contributed by atoms with Crippen LogP contribution in [0.15, 0.2) is 173 Å². The molecule has 0 atom stereocenters. The van der Waals surface area contributed by atoms with Gasteiger partial charge in [0.25, 0.3) is 11.8 Å². The third-order valence-corrected chi connectivity index (χ3v) is 18.0. The molecule has 0 saturated carbocycles. The standard InChI is InChI=1S/C33H24F2N4O4S.C32H23F2N5O4S/c1-36-33(40)30-23-15-22(27(38(2)44(3,41)42)17-29(23)43-32(30)19-7-10-20(34)11-8-19)25-12-9-18-13-14-39-26-6-4-5-24(35)21(26)16-28(39)31(18)37-25;1-35-32(40)27-21-15-20(25(38(2)44(3,41)42)16-26(21)43-30(27)18-7-10-19(33)11-8-18)23-12-9-17-13-14-39-29-22(34)5-4-6-24(29)37-31(39)28(17)36-23/h4-17H,1-3H3,(H,36,40);4-16H,1-3H3,(H,35,40)/p+1. The van der Waals surface area contributed by atoms with E-state index in [9.17, 15) is 44.0 Å². The second-order valence-electron chi connectivity index (χ2n) is 20.9. The van der Waals surface area contributed by atoms with Crippen molar-refractivity contribution in [2.24, 2.45) is 0 Å². The molecule has 0 spiro atoms. The van der Waals surface area contributed by atoms with E-state index in [0.29, 0.717) is 88.5 Å². The van der Waals surface area contributed by atoms with Crippen LogP contribution in [0.2, 0.25) is 0 Å². The zero-order chi connectivity index (χ0) is 61.8. The second kappa shape index (κ2) is 21.1. The summed E-state index contributed by atoms with van der Waals surface area (Å²) >= 11 is 0. The number of amides is 2. The number of nitrogens with one attached hydrogen (secondary N) is 3. The second-order valence-corrected chi connectivity index (χ2v) is 25.0. The Morgan fingerprint density at radius 3 is 1.74 bits per heavy atom. The summed E-state index contributed by atoms with van der Waals surface area (Å²) < 4.78 is 126. The highest BCUT2D eigenvalue weighted by Crippen LogP contribution is 2.44. The van der Waals surface area contributed by atoms with Crippen LogP contribution in [0.5, 0.6) is 0 Å². The van der Waals surface area contributed by atoms with E-state index in [1.807, 2.05) is 40.9 Å². The third-order valence-electron chi connectivity index (χ3n) is 15.6. The number of hydrogen-bond donors (Lipinski definition) is 3. The number of hydrogen-bond acceptors (Lipinski definition) is 10. The lowest BCUT2D eigenvalue weighted by Crippen LogP contribution is -2.25. The van der Waals surface area contributed by atoms with Crippen molar-refractivity contribution in [3.63, 3.8) is 0 Å². The van der Waals surface area contributed by atoms with Crippen LogP contribution in [0.3, 0.4) is 0 Å². The number of benzene rings is 6. The van der Waals surface area contributed by atoms with Crippen molar-refractivity contribution in [2.45, 2.75) is 0 Å². The Morgan fingerprint density at radius 1 is 0.591 bits per heavy atom. The van der Waals surface area contributed by atoms with Crippen LogP contribution in [-0.2, 0) is 20.0 Å². The molecule has 6 aromatic carbocycles. The smallest absolute Gasteiger partial charge is 0.353 e. The van der Waals surface area contributed by atoms with Crippen molar-refractivity contribution in [1.82, 2.24) is 30.0 Å². The van der Waals surface area contributed by atoms with Crippen LogP contribution in [-0.4, -0.2) is 88.7 Å². The molecule has 88 heavy (non-hydrogen) atoms. The SMILES string of the molecule is CNC(=O)c1c(-c2ccc(F)cc2)oc2cc(N(C)S(C)(=O)=O)c(-c3ccc4cc[n+]5c(nc6cccc(F)c65)c4[nH]3)cc12.CNC(=O)c1c(-c2ccc(F)cc2)oc2cc(N(C)S(C)(=O)=O)c(-c3ccc4ccn5c6cccc(F)c6cc5c4n3)cc12. The molecule has 14 aromatic rings. The number of fused-ring (bicyclic) bond motifs is 12. The molecular weight excluding hydrogens is 1170 g/mol. The summed E-state index contributed by atoms with van der Waals surface area (Å²) in [5.74, 6) is -2.11. The van der Waals surface area contributed by atoms with E-state index >= 15 is 0 Å². The molecule has 23 heteroatoms. The van der Waals surface area contributed by atoms with Gasteiger partial charge in [0.1, 0.15) is 45.7 Å². The number of aromatic nitrogens is 5. The van der Waals surface area contributed by atoms with Crippen molar-refractivity contribution in [2.75, 3.05) is 49.3 Å². The van der Waals surface area contributed by atoms with Gasteiger partial charge in [-0.25, -0.2) is 39.4 Å². The number of aromatic amines is 1. The monoisotopic (exact) mass is 1220 g/mol. The summed E-state index contributed by atoms with van der Waals surface area (Å²) in [5.41, 5.74) is 8.10. The number of sulfonamides is 2. The van der Waals surface area contributed by atoms with E-state index < -0.39 is 49.3 Å². The molecule has 8 heterocycles. The molecule has 0 bridgehead atoms. The van der Waals surface area contributed by atoms with Gasteiger partial charge < -0.3 is 28.9 Å². The van der Waals surface area contributed by atoms with Gasteiger partial charge in [0.15, 0.2) is 5.82 Å². The predicted molar refractivity (Wildman–Crippen MR) is 331 cm³/mol. The van der Waals surface area contributed by atoms with Crippen molar-refractivity contribution < 1.29 is 57.2 Å². The Balaban J connectivity index is 0.000000162. The van der Waals surface area contributed by atoms with E-state index in [1.165, 1.54) is 88.9 Å². The summed E-state index contributed by atoms with van der Waals surface area (Å²) in [7, 11) is -1.65. The molecule has 0 unspecified atom stereocenters. The molecule has 0 radical (unpaired) electrons. The lowest BCUT2D eigenvalue weighted by molar-refractivity contribution is -0.481. The molecule has 0 aliphatic rings. The van der Waals surface area contributed by atoms with Crippen molar-refractivity contribution in [3.8, 4) is 45.2 Å². The van der Waals surface area contributed by atoms with Gasteiger partial charge in [0, 0.05) is 101 Å². The first-order valence-electron chi connectivity index (χ1n) is 27.1. The van der Waals surface area contributed by atoms with E-state index in [0.717, 1.165) is 31.9 Å². The fraction of sp³-hybridized carbons (Fsp3) is 0.0923. The number of carbonyl (C=O) groups excluding carboxylic acids is 2. The maximum Gasteiger partial charge on any atom is 0.353 e. The first-order chi connectivity index (χ1) is 42.1. The van der Waals surface area contributed by atoms with Gasteiger partial charge >= 0.3 is 5.65 Å². The Hall–Kier alpha value is -10.7. The molecule has 8 aromatic heterocycles. The molecule has 0 aliphatic carbocycles. The van der Waals surface area contributed by atoms with Crippen molar-refractivity contribution in [1.29, 1.82) is 0 Å². The minimum absolute atomic E-state index is 0.208. The number of para-hydroxylation sites is 1. The van der Waals surface area contributed by atoms with Gasteiger partial charge in [-0.15, -0.1) is 0 Å². The summed E-state index contributed by atoms with van der Waals surface area (Å²) in [6, 6.07) is 39.9. The number of H-pyrrole nitrogens is 1. The fourth-order valence-electron chi connectivity index (χ4n) is 11.1. The highest BCUT2D eigenvalue weighted by Gasteiger charge is 2.30. The van der Waals surface area contributed by atoms with Crippen LogP contribution in [0.1, 0.15) is 20.7 Å². The lowest BCUT2D eigenvalue weighted by Gasteiger charge is -2.20. The van der Waals surface area contributed by atoms with Gasteiger partial charge in [0.05, 0.1) is 63.5 Å². The van der Waals surface area contributed by atoms with Crippen LogP contribution in [0, 0.1) is 23.3 Å². The van der Waals surface area contributed by atoms with Crippen LogP contribution < -0.4 is 23.6 Å². The first kappa shape index (κ1) is 56.5. The maximum absolute atomic E-state index is 14.8. The molecule has 2 amide bonds. The maximum atomic E-state index is 14.8. The molecule has 3 N–H and O–H groups in total. The quantitative estimate of drug-likeness (QED) is 0.0871. The van der Waals surface area contributed by atoms with Gasteiger partial charge in [0.2, 0.25) is 31.1 Å². The van der Waals surface area contributed by atoms with Crippen LogP contribution in [0.25, 0.3) is 122 Å². The summed E-state index contributed by atoms with van der Waals surface area (Å²) in [4.78, 5) is 39.4. The fourth-order valence-corrected chi connectivity index (χ4v) is 12.1. The summed E-state index contributed by atoms with van der Waals surface area (Å²) in [6.07, 6.45) is 5.77. The molecule has 440 valence electrons. The van der Waals surface area contributed by atoms with Gasteiger partial charge in [-0.3, -0.25) is 18.2 Å². The first-order valence-corrected chi connectivity index (χ1v) is 30.8. The summed E-state index contributed by atoms with van der Waals surface area (Å²) in [5, 5.41) is 8.16. The Labute approximate surface area is 497 Å². The number of rotatable bonds is 10. The van der Waals surface area contributed by atoms with Crippen LogP contribution in [0.4, 0.5) is 28.9 Å². The van der Waals surface area contributed by atoms with Crippen molar-refractivity contribution >= 4 is 120 Å². The molecule has 14 rings (SSSR count). The van der Waals surface area contributed by atoms with E-state index in [-0.39, 0.29) is 51.0 Å². The molecular formula is C65H48F4N9O8S2+.